The van der Waals surface area contributed by atoms with E-state index in [0.717, 1.165) is 0 Å². The Morgan fingerprint density at radius 3 is 0.889 bits per heavy atom. The fourth-order valence-corrected chi connectivity index (χ4v) is 0. The summed E-state index contributed by atoms with van der Waals surface area (Å²) in [6, 6.07) is 0. The van der Waals surface area contributed by atoms with Crippen LogP contribution in [0.5, 0.6) is 0 Å². The van der Waals surface area contributed by atoms with Crippen LogP contribution in [0.4, 0.5) is 9.41 Å². The molecule has 0 aromatic carbocycles. The van der Waals surface area contributed by atoms with Crippen LogP contribution in [0, 0.1) is 0 Å². The zero-order chi connectivity index (χ0) is 5.41. The van der Waals surface area contributed by atoms with Crippen LogP contribution >= 0.6 is 0 Å². The Morgan fingerprint density at radius 2 is 0.889 bits per heavy atom. The fourth-order valence-electron chi connectivity index (χ4n) is 0. The summed E-state index contributed by atoms with van der Waals surface area (Å²) in [7, 11) is 0. The van der Waals surface area contributed by atoms with Gasteiger partial charge in [0.2, 0.25) is 0 Å². The maximum atomic E-state index is 7.57. The summed E-state index contributed by atoms with van der Waals surface area (Å²) in [4.78, 5) is 0. The van der Waals surface area contributed by atoms with Gasteiger partial charge >= 0.3 is 0 Å². The predicted molar refractivity (Wildman–Crippen MR) is 30.5 cm³/mol. The first-order valence-corrected chi connectivity index (χ1v) is 2.05. The molecule has 5 heteroatoms. The van der Waals surface area contributed by atoms with Gasteiger partial charge in [-0.05, 0) is 13.8 Å². The van der Waals surface area contributed by atoms with Crippen molar-refractivity contribution in [2.45, 2.75) is 13.8 Å². The molecule has 0 spiro atoms. The van der Waals surface area contributed by atoms with Gasteiger partial charge in [0.25, 0.3) is 0 Å². The van der Waals surface area contributed by atoms with E-state index in [9.17, 15) is 0 Å². The third kappa shape index (κ3) is 1470. The van der Waals surface area contributed by atoms with Gasteiger partial charge in [0.15, 0.2) is 0 Å². The maximum Gasteiger partial charge on any atom is 0.0402 e. The van der Waals surface area contributed by atoms with Crippen LogP contribution in [0.3, 0.4) is 0 Å². The Kier molecular flexibility index (Phi) is 289. The smallest absolute Gasteiger partial charge is 0.0402 e. The monoisotopic (exact) mass is 180 g/mol. The van der Waals surface area contributed by atoms with Gasteiger partial charge in [-0.3, -0.25) is 9.41 Å². The van der Waals surface area contributed by atoms with Crippen molar-refractivity contribution in [3.8, 4) is 0 Å². The van der Waals surface area contributed by atoms with E-state index in [-0.39, 0.29) is 44.3 Å². The number of rotatable bonds is 0. The molecular weight excluding hydrogens is 166 g/mol. The minimum atomic E-state index is 0. The minimum Gasteiger partial charge on any atom is -0.397 e. The number of aliphatic hydroxyl groups excluding tert-OH is 2. The molecule has 0 aliphatic heterocycles. The molecule has 9 heavy (non-hydrogen) atoms. The number of aliphatic hydroxyl groups is 2. The average molecular weight is 180 g/mol. The molecular formula is C4H14F2O2Ti. The molecule has 60 valence electrons. The van der Waals surface area contributed by atoms with Crippen molar-refractivity contribution in [1.82, 2.24) is 0 Å². The molecule has 0 saturated carbocycles. The SMILES string of the molecule is CCO.CCO.F.F.[Ti]. The Morgan fingerprint density at radius 1 is 0.889 bits per heavy atom. The molecule has 0 aromatic rings. The molecule has 0 radical (unpaired) electrons. The Labute approximate surface area is 68.9 Å². The van der Waals surface area contributed by atoms with Crippen LogP contribution in [0.25, 0.3) is 0 Å². The van der Waals surface area contributed by atoms with Gasteiger partial charge in [-0.15, -0.1) is 0 Å². The normalized spacial score (nSPS) is 4.00. The van der Waals surface area contributed by atoms with Gasteiger partial charge in [-0.2, -0.15) is 0 Å². The zero-order valence-corrected chi connectivity index (χ0v) is 7.19. The molecule has 0 amide bonds. The van der Waals surface area contributed by atoms with Gasteiger partial charge in [0.1, 0.15) is 0 Å². The van der Waals surface area contributed by atoms with Crippen LogP contribution < -0.4 is 0 Å². The predicted octanol–water partition coefficient (Wildman–Crippen LogP) is 0.300. The topological polar surface area (TPSA) is 40.5 Å². The third-order valence-electron chi connectivity index (χ3n) is 0. The van der Waals surface area contributed by atoms with E-state index in [1.807, 2.05) is 0 Å². The Balaban J connectivity index is -0.00000000889. The van der Waals surface area contributed by atoms with Crippen LogP contribution in [-0.2, 0) is 21.7 Å². The number of hydrogen-bond donors (Lipinski definition) is 2. The van der Waals surface area contributed by atoms with E-state index in [1.165, 1.54) is 0 Å². The van der Waals surface area contributed by atoms with E-state index in [2.05, 4.69) is 0 Å². The molecule has 2 nitrogen and oxygen atoms in total. The van der Waals surface area contributed by atoms with Crippen LogP contribution in [0.2, 0.25) is 0 Å². The van der Waals surface area contributed by atoms with Crippen molar-refractivity contribution in [1.29, 1.82) is 0 Å². The zero-order valence-electron chi connectivity index (χ0n) is 5.63. The van der Waals surface area contributed by atoms with E-state index >= 15 is 0 Å². The molecule has 0 unspecified atom stereocenters. The summed E-state index contributed by atoms with van der Waals surface area (Å²) in [6.45, 7) is 3.86. The molecule has 0 aliphatic rings. The van der Waals surface area contributed by atoms with E-state index < -0.39 is 0 Å². The summed E-state index contributed by atoms with van der Waals surface area (Å²) >= 11 is 0. The quantitative estimate of drug-likeness (QED) is 0.526. The summed E-state index contributed by atoms with van der Waals surface area (Å²) in [5, 5.41) is 15.1. The minimum absolute atomic E-state index is 0. The molecule has 0 rings (SSSR count). The van der Waals surface area contributed by atoms with E-state index in [4.69, 9.17) is 10.2 Å². The van der Waals surface area contributed by atoms with Crippen molar-refractivity contribution in [3.05, 3.63) is 0 Å². The van der Waals surface area contributed by atoms with Crippen molar-refractivity contribution >= 4 is 0 Å². The second-order valence-electron chi connectivity index (χ2n) is 0.632. The standard InChI is InChI=1S/2C2H6O.2FH.Ti/c2*1-2-3;;;/h2*3H,2H2,1H3;2*1H;. The van der Waals surface area contributed by atoms with Crippen LogP contribution in [-0.4, -0.2) is 23.4 Å². The van der Waals surface area contributed by atoms with Gasteiger partial charge in [0, 0.05) is 34.9 Å². The molecule has 0 heterocycles. The molecule has 0 fully saturated rings. The van der Waals surface area contributed by atoms with Gasteiger partial charge in [0.05, 0.1) is 0 Å². The fraction of sp³-hybridized carbons (Fsp3) is 1.00. The summed E-state index contributed by atoms with van der Waals surface area (Å²) in [6.07, 6.45) is 0. The molecule has 0 atom stereocenters. The summed E-state index contributed by atoms with van der Waals surface area (Å²) < 4.78 is 0. The van der Waals surface area contributed by atoms with Crippen molar-refractivity contribution < 1.29 is 41.3 Å². The van der Waals surface area contributed by atoms with Gasteiger partial charge < -0.3 is 10.2 Å². The van der Waals surface area contributed by atoms with Gasteiger partial charge in [-0.25, -0.2) is 0 Å². The van der Waals surface area contributed by atoms with E-state index in [1.54, 1.807) is 13.8 Å². The summed E-state index contributed by atoms with van der Waals surface area (Å²) in [5.74, 6) is 0. The Hall–Kier alpha value is 0.494. The van der Waals surface area contributed by atoms with Gasteiger partial charge in [-0.1, -0.05) is 0 Å². The molecule has 2 N–H and O–H groups in total. The second kappa shape index (κ2) is 76.7. The number of halogens is 2. The maximum absolute atomic E-state index is 7.57. The van der Waals surface area contributed by atoms with Crippen LogP contribution in [0.1, 0.15) is 13.8 Å². The Bertz CT molecular complexity index is 18.5. The summed E-state index contributed by atoms with van der Waals surface area (Å²) in [5.41, 5.74) is 0. The third-order valence-corrected chi connectivity index (χ3v) is 0. The first kappa shape index (κ1) is 33.9. The molecule has 0 bridgehead atoms. The first-order valence-electron chi connectivity index (χ1n) is 2.05. The molecule has 0 aromatic heterocycles. The van der Waals surface area contributed by atoms with Crippen molar-refractivity contribution in [3.63, 3.8) is 0 Å². The molecule has 0 saturated heterocycles. The van der Waals surface area contributed by atoms with E-state index in [0.29, 0.717) is 0 Å². The largest absolute Gasteiger partial charge is 0.397 e. The number of hydrogen-bond acceptors (Lipinski definition) is 2. The van der Waals surface area contributed by atoms with Crippen molar-refractivity contribution in [2.75, 3.05) is 13.2 Å². The first-order chi connectivity index (χ1) is 2.83. The average Bonchev–Trinajstić information content (AvgIpc) is 1.39. The van der Waals surface area contributed by atoms with Crippen LogP contribution in [0.15, 0.2) is 0 Å². The second-order valence-corrected chi connectivity index (χ2v) is 0.632. The molecule has 0 aliphatic carbocycles. The van der Waals surface area contributed by atoms with Crippen molar-refractivity contribution in [2.24, 2.45) is 0 Å².